The molecule has 1 aromatic heterocycles. The van der Waals surface area contributed by atoms with Crippen molar-refractivity contribution in [3.05, 3.63) is 16.1 Å². The van der Waals surface area contributed by atoms with Gasteiger partial charge in [0.05, 0.1) is 5.01 Å². The van der Waals surface area contributed by atoms with Gasteiger partial charge in [-0.15, -0.1) is 11.3 Å². The van der Waals surface area contributed by atoms with Gasteiger partial charge in [0.25, 0.3) is 0 Å². The lowest BCUT2D eigenvalue weighted by molar-refractivity contribution is 0.413. The van der Waals surface area contributed by atoms with Crippen molar-refractivity contribution < 1.29 is 0 Å². The number of nitrogens with one attached hydrogen (secondary N) is 1. The SMILES string of the molecule is CCNC(C)c1cnc(CCN(C)C)s1. The van der Waals surface area contributed by atoms with Gasteiger partial charge in [0, 0.05) is 30.1 Å². The highest BCUT2D eigenvalue weighted by Gasteiger charge is 2.08. The monoisotopic (exact) mass is 227 g/mol. The van der Waals surface area contributed by atoms with E-state index in [1.54, 1.807) is 0 Å². The predicted octanol–water partition coefficient (Wildman–Crippen LogP) is 1.92. The molecule has 1 aromatic rings. The Bertz CT molecular complexity index is 283. The molecule has 1 heterocycles. The molecule has 0 aromatic carbocycles. The Hall–Kier alpha value is -0.450. The van der Waals surface area contributed by atoms with Crippen LogP contribution in [-0.4, -0.2) is 37.1 Å². The average molecular weight is 227 g/mol. The highest BCUT2D eigenvalue weighted by atomic mass is 32.1. The van der Waals surface area contributed by atoms with Gasteiger partial charge in [-0.05, 0) is 27.6 Å². The third kappa shape index (κ3) is 4.28. The van der Waals surface area contributed by atoms with Gasteiger partial charge in [0.1, 0.15) is 0 Å². The molecule has 1 N–H and O–H groups in total. The lowest BCUT2D eigenvalue weighted by Crippen LogP contribution is -2.16. The lowest BCUT2D eigenvalue weighted by atomic mass is 10.3. The predicted molar refractivity (Wildman–Crippen MR) is 66.5 cm³/mol. The molecule has 0 aliphatic carbocycles. The maximum atomic E-state index is 4.44. The molecule has 3 nitrogen and oxygen atoms in total. The lowest BCUT2D eigenvalue weighted by Gasteiger charge is -2.08. The molecule has 15 heavy (non-hydrogen) atoms. The number of likely N-dealkylation sites (N-methyl/N-ethyl adjacent to an activating group) is 1. The molecular formula is C11H21N3S. The van der Waals surface area contributed by atoms with Gasteiger partial charge in [-0.2, -0.15) is 0 Å². The first-order valence-electron chi connectivity index (χ1n) is 5.46. The van der Waals surface area contributed by atoms with Crippen LogP contribution >= 0.6 is 11.3 Å². The molecule has 0 aliphatic heterocycles. The van der Waals surface area contributed by atoms with Gasteiger partial charge in [0.2, 0.25) is 0 Å². The second-order valence-electron chi connectivity index (χ2n) is 3.99. The summed E-state index contributed by atoms with van der Waals surface area (Å²) in [5, 5.41) is 4.64. The summed E-state index contributed by atoms with van der Waals surface area (Å²) in [7, 11) is 4.19. The minimum absolute atomic E-state index is 0.431. The zero-order valence-corrected chi connectivity index (χ0v) is 10.9. The smallest absolute Gasteiger partial charge is 0.0941 e. The van der Waals surface area contributed by atoms with E-state index in [4.69, 9.17) is 0 Å². The Balaban J connectivity index is 2.48. The number of thiazole rings is 1. The summed E-state index contributed by atoms with van der Waals surface area (Å²) in [5.41, 5.74) is 0. The van der Waals surface area contributed by atoms with Gasteiger partial charge in [-0.25, -0.2) is 4.98 Å². The normalized spacial score (nSPS) is 13.4. The molecule has 1 rings (SSSR count). The summed E-state index contributed by atoms with van der Waals surface area (Å²) in [6.07, 6.45) is 3.06. The molecule has 0 radical (unpaired) electrons. The van der Waals surface area contributed by atoms with Gasteiger partial charge < -0.3 is 10.2 Å². The maximum Gasteiger partial charge on any atom is 0.0941 e. The summed E-state index contributed by atoms with van der Waals surface area (Å²) in [6, 6.07) is 0.431. The Kier molecular flexibility index (Phi) is 5.22. The number of nitrogens with zero attached hydrogens (tertiary/aromatic N) is 2. The Morgan fingerprint density at radius 3 is 2.87 bits per heavy atom. The van der Waals surface area contributed by atoms with Crippen LogP contribution in [0.3, 0.4) is 0 Å². The number of hydrogen-bond acceptors (Lipinski definition) is 4. The highest BCUT2D eigenvalue weighted by molar-refractivity contribution is 7.11. The molecule has 0 aliphatic rings. The van der Waals surface area contributed by atoms with E-state index in [-0.39, 0.29) is 0 Å². The fourth-order valence-corrected chi connectivity index (χ4v) is 2.30. The van der Waals surface area contributed by atoms with Crippen LogP contribution in [0.4, 0.5) is 0 Å². The van der Waals surface area contributed by atoms with Crippen molar-refractivity contribution in [1.29, 1.82) is 0 Å². The minimum atomic E-state index is 0.431. The summed E-state index contributed by atoms with van der Waals surface area (Å²) in [6.45, 7) is 6.39. The van der Waals surface area contributed by atoms with Gasteiger partial charge in [-0.1, -0.05) is 6.92 Å². The number of rotatable bonds is 6. The first-order valence-corrected chi connectivity index (χ1v) is 6.27. The topological polar surface area (TPSA) is 28.2 Å². The Morgan fingerprint density at radius 1 is 1.53 bits per heavy atom. The van der Waals surface area contributed by atoms with E-state index in [0.29, 0.717) is 6.04 Å². The molecule has 0 spiro atoms. The quantitative estimate of drug-likeness (QED) is 0.805. The fraction of sp³-hybridized carbons (Fsp3) is 0.727. The van der Waals surface area contributed by atoms with E-state index in [9.17, 15) is 0 Å². The molecule has 0 bridgehead atoms. The second kappa shape index (κ2) is 6.20. The summed E-state index contributed by atoms with van der Waals surface area (Å²) >= 11 is 1.82. The van der Waals surface area contributed by atoms with Crippen LogP contribution in [0.2, 0.25) is 0 Å². The van der Waals surface area contributed by atoms with Crippen molar-refractivity contribution in [1.82, 2.24) is 15.2 Å². The highest BCUT2D eigenvalue weighted by Crippen LogP contribution is 2.20. The van der Waals surface area contributed by atoms with E-state index >= 15 is 0 Å². The molecule has 86 valence electrons. The third-order valence-corrected chi connectivity index (χ3v) is 3.52. The zero-order chi connectivity index (χ0) is 11.3. The summed E-state index contributed by atoms with van der Waals surface area (Å²) in [4.78, 5) is 7.97. The van der Waals surface area contributed by atoms with E-state index < -0.39 is 0 Å². The molecule has 0 amide bonds. The third-order valence-electron chi connectivity index (χ3n) is 2.28. The first kappa shape index (κ1) is 12.6. The molecular weight excluding hydrogens is 206 g/mol. The largest absolute Gasteiger partial charge is 0.310 e. The maximum absolute atomic E-state index is 4.44. The number of aromatic nitrogens is 1. The van der Waals surface area contributed by atoms with E-state index in [2.05, 4.69) is 43.1 Å². The minimum Gasteiger partial charge on any atom is -0.310 e. The molecule has 4 heteroatoms. The summed E-state index contributed by atoms with van der Waals surface area (Å²) in [5.74, 6) is 0. The van der Waals surface area contributed by atoms with Crippen LogP contribution in [0.1, 0.15) is 29.8 Å². The zero-order valence-electron chi connectivity index (χ0n) is 10.1. The van der Waals surface area contributed by atoms with Crippen LogP contribution in [0.15, 0.2) is 6.20 Å². The van der Waals surface area contributed by atoms with Gasteiger partial charge in [-0.3, -0.25) is 0 Å². The van der Waals surface area contributed by atoms with Crippen molar-refractivity contribution >= 4 is 11.3 Å². The van der Waals surface area contributed by atoms with Crippen molar-refractivity contribution in [2.75, 3.05) is 27.2 Å². The standard InChI is InChI=1S/C11H21N3S/c1-5-12-9(2)10-8-13-11(15-10)6-7-14(3)4/h8-9,12H,5-7H2,1-4H3. The molecule has 0 saturated carbocycles. The van der Waals surface area contributed by atoms with Crippen LogP contribution < -0.4 is 5.32 Å². The Morgan fingerprint density at radius 2 is 2.27 bits per heavy atom. The van der Waals surface area contributed by atoms with Gasteiger partial charge in [0.15, 0.2) is 0 Å². The first-order chi connectivity index (χ1) is 7.13. The fourth-order valence-electron chi connectivity index (χ4n) is 1.37. The Labute approximate surface area is 96.5 Å². The van der Waals surface area contributed by atoms with Gasteiger partial charge >= 0.3 is 0 Å². The summed E-state index contributed by atoms with van der Waals surface area (Å²) < 4.78 is 0. The molecule has 0 saturated heterocycles. The molecule has 1 atom stereocenters. The van der Waals surface area contributed by atoms with Crippen molar-refractivity contribution in [2.45, 2.75) is 26.3 Å². The molecule has 0 fully saturated rings. The van der Waals surface area contributed by atoms with Crippen LogP contribution in [-0.2, 0) is 6.42 Å². The number of hydrogen-bond donors (Lipinski definition) is 1. The van der Waals surface area contributed by atoms with Crippen LogP contribution in [0.5, 0.6) is 0 Å². The van der Waals surface area contributed by atoms with Crippen molar-refractivity contribution in [3.8, 4) is 0 Å². The van der Waals surface area contributed by atoms with Crippen molar-refractivity contribution in [2.24, 2.45) is 0 Å². The van der Waals surface area contributed by atoms with Crippen LogP contribution in [0.25, 0.3) is 0 Å². The van der Waals surface area contributed by atoms with E-state index in [1.807, 2.05) is 17.5 Å². The average Bonchev–Trinajstić information content (AvgIpc) is 2.63. The van der Waals surface area contributed by atoms with E-state index in [0.717, 1.165) is 19.5 Å². The second-order valence-corrected chi connectivity index (χ2v) is 5.14. The molecule has 1 unspecified atom stereocenters. The van der Waals surface area contributed by atoms with E-state index in [1.165, 1.54) is 9.88 Å². The van der Waals surface area contributed by atoms with Crippen molar-refractivity contribution in [3.63, 3.8) is 0 Å². The van der Waals surface area contributed by atoms with Crippen LogP contribution in [0, 0.1) is 0 Å².